The van der Waals surface area contributed by atoms with Gasteiger partial charge in [0, 0.05) is 38.3 Å². The molecule has 3 aromatic carbocycles. The van der Waals surface area contributed by atoms with E-state index in [1.807, 2.05) is 11.3 Å². The van der Waals surface area contributed by atoms with Crippen LogP contribution in [0.15, 0.2) is 78.9 Å². The highest BCUT2D eigenvalue weighted by atomic mass is 32.1. The molecule has 32 heavy (non-hydrogen) atoms. The average molecular weight is 434 g/mol. The Hall–Kier alpha value is -3.10. The SMILES string of the molecule is Cc1c(C2=C(c3c(C)n(Cc4ccccc4)c4ccccc34)CCC2)sc2ccccc12. The van der Waals surface area contributed by atoms with Gasteiger partial charge in [-0.15, -0.1) is 11.3 Å². The third-order valence-corrected chi connectivity index (χ3v) is 8.38. The van der Waals surface area contributed by atoms with E-state index in [-0.39, 0.29) is 0 Å². The minimum Gasteiger partial charge on any atom is -0.340 e. The van der Waals surface area contributed by atoms with Crippen molar-refractivity contribution in [2.75, 3.05) is 0 Å². The number of nitrogens with zero attached hydrogens (tertiary/aromatic N) is 1. The number of para-hydroxylation sites is 1. The first-order valence-electron chi connectivity index (χ1n) is 11.5. The zero-order valence-electron chi connectivity index (χ0n) is 18.7. The molecule has 0 unspecified atom stereocenters. The average Bonchev–Trinajstić information content (AvgIpc) is 3.50. The van der Waals surface area contributed by atoms with Crippen molar-refractivity contribution in [1.82, 2.24) is 4.57 Å². The van der Waals surface area contributed by atoms with Gasteiger partial charge in [-0.1, -0.05) is 66.7 Å². The zero-order valence-corrected chi connectivity index (χ0v) is 19.5. The summed E-state index contributed by atoms with van der Waals surface area (Å²) in [7, 11) is 0. The molecule has 2 heterocycles. The van der Waals surface area contributed by atoms with Crippen molar-refractivity contribution < 1.29 is 0 Å². The van der Waals surface area contributed by atoms with Crippen LogP contribution < -0.4 is 0 Å². The summed E-state index contributed by atoms with van der Waals surface area (Å²) in [5, 5.41) is 2.81. The number of fused-ring (bicyclic) bond motifs is 2. The van der Waals surface area contributed by atoms with E-state index in [9.17, 15) is 0 Å². The maximum absolute atomic E-state index is 2.51. The van der Waals surface area contributed by atoms with Crippen molar-refractivity contribution in [1.29, 1.82) is 0 Å². The highest BCUT2D eigenvalue weighted by molar-refractivity contribution is 7.20. The van der Waals surface area contributed by atoms with Gasteiger partial charge in [-0.05, 0) is 72.9 Å². The van der Waals surface area contributed by atoms with Crippen molar-refractivity contribution in [3.8, 4) is 0 Å². The molecule has 0 N–H and O–H groups in total. The lowest BCUT2D eigenvalue weighted by molar-refractivity contribution is 0.802. The van der Waals surface area contributed by atoms with E-state index in [1.165, 1.54) is 67.5 Å². The molecule has 158 valence electrons. The molecule has 0 radical (unpaired) electrons. The summed E-state index contributed by atoms with van der Waals surface area (Å²) >= 11 is 1.98. The van der Waals surface area contributed by atoms with Crippen molar-refractivity contribution in [3.05, 3.63) is 106 Å². The Morgan fingerprint density at radius 3 is 2.25 bits per heavy atom. The monoisotopic (exact) mass is 433 g/mol. The predicted molar refractivity (Wildman–Crippen MR) is 139 cm³/mol. The highest BCUT2D eigenvalue weighted by Crippen LogP contribution is 2.48. The molecule has 0 fully saturated rings. The van der Waals surface area contributed by atoms with Crippen LogP contribution in [0.5, 0.6) is 0 Å². The van der Waals surface area contributed by atoms with Gasteiger partial charge < -0.3 is 4.57 Å². The molecule has 2 aromatic heterocycles. The summed E-state index contributed by atoms with van der Waals surface area (Å²) in [5.41, 5.74) is 10.2. The summed E-state index contributed by atoms with van der Waals surface area (Å²) in [4.78, 5) is 1.50. The molecule has 2 heteroatoms. The molecule has 1 aliphatic carbocycles. The van der Waals surface area contributed by atoms with Crippen LogP contribution in [0, 0.1) is 13.8 Å². The lowest BCUT2D eigenvalue weighted by Gasteiger charge is -2.11. The van der Waals surface area contributed by atoms with Gasteiger partial charge in [0.1, 0.15) is 0 Å². The molecule has 6 rings (SSSR count). The highest BCUT2D eigenvalue weighted by Gasteiger charge is 2.26. The van der Waals surface area contributed by atoms with Gasteiger partial charge in [0.2, 0.25) is 0 Å². The van der Waals surface area contributed by atoms with Gasteiger partial charge in [-0.3, -0.25) is 0 Å². The lowest BCUT2D eigenvalue weighted by atomic mass is 9.96. The van der Waals surface area contributed by atoms with Crippen LogP contribution in [-0.4, -0.2) is 4.57 Å². The van der Waals surface area contributed by atoms with E-state index in [4.69, 9.17) is 0 Å². The molecule has 0 atom stereocenters. The number of hydrogen-bond acceptors (Lipinski definition) is 1. The Kier molecular flexibility index (Phi) is 4.77. The van der Waals surface area contributed by atoms with Crippen molar-refractivity contribution in [2.24, 2.45) is 0 Å². The molecule has 0 bridgehead atoms. The topological polar surface area (TPSA) is 4.93 Å². The Morgan fingerprint density at radius 1 is 0.750 bits per heavy atom. The summed E-state index contributed by atoms with van der Waals surface area (Å²) in [6.07, 6.45) is 3.60. The second-order valence-corrected chi connectivity index (χ2v) is 9.96. The van der Waals surface area contributed by atoms with E-state index in [1.54, 1.807) is 11.1 Å². The van der Waals surface area contributed by atoms with Crippen LogP contribution >= 0.6 is 11.3 Å². The summed E-state index contributed by atoms with van der Waals surface area (Å²) < 4.78 is 3.92. The van der Waals surface area contributed by atoms with Crippen molar-refractivity contribution in [2.45, 2.75) is 39.7 Å². The molecule has 0 saturated heterocycles. The fourth-order valence-electron chi connectivity index (χ4n) is 5.51. The van der Waals surface area contributed by atoms with Gasteiger partial charge in [0.25, 0.3) is 0 Å². The molecular weight excluding hydrogens is 406 g/mol. The number of benzene rings is 3. The third kappa shape index (κ3) is 3.05. The summed E-state index contributed by atoms with van der Waals surface area (Å²) in [6, 6.07) is 28.7. The molecule has 0 amide bonds. The Balaban J connectivity index is 1.57. The van der Waals surface area contributed by atoms with Gasteiger partial charge in [0.05, 0.1) is 0 Å². The number of allylic oxidation sites excluding steroid dienone is 2. The fraction of sp³-hybridized carbons (Fsp3) is 0.200. The maximum atomic E-state index is 2.51. The molecule has 1 aliphatic rings. The first-order valence-corrected chi connectivity index (χ1v) is 12.4. The number of rotatable bonds is 4. The van der Waals surface area contributed by atoms with Crippen molar-refractivity contribution in [3.63, 3.8) is 0 Å². The van der Waals surface area contributed by atoms with E-state index in [2.05, 4.69) is 97.3 Å². The second-order valence-electron chi connectivity index (χ2n) is 8.91. The van der Waals surface area contributed by atoms with Gasteiger partial charge in [0.15, 0.2) is 0 Å². The van der Waals surface area contributed by atoms with Gasteiger partial charge in [-0.2, -0.15) is 0 Å². The fourth-order valence-corrected chi connectivity index (χ4v) is 6.82. The first kappa shape index (κ1) is 19.6. The van der Waals surface area contributed by atoms with E-state index in [0.717, 1.165) is 6.54 Å². The number of thiophene rings is 1. The minimum atomic E-state index is 0.914. The Labute approximate surface area is 193 Å². The molecule has 5 aromatic rings. The van der Waals surface area contributed by atoms with Crippen LogP contribution in [0.2, 0.25) is 0 Å². The second kappa shape index (κ2) is 7.79. The Morgan fingerprint density at radius 2 is 1.44 bits per heavy atom. The zero-order chi connectivity index (χ0) is 21.7. The van der Waals surface area contributed by atoms with E-state index >= 15 is 0 Å². The number of aromatic nitrogens is 1. The molecule has 0 saturated carbocycles. The smallest absolute Gasteiger partial charge is 0.0491 e. The largest absolute Gasteiger partial charge is 0.340 e. The third-order valence-electron chi connectivity index (χ3n) is 7.05. The lowest BCUT2D eigenvalue weighted by Crippen LogP contribution is -2.02. The molecule has 0 spiro atoms. The predicted octanol–water partition coefficient (Wildman–Crippen LogP) is 8.62. The normalized spacial score (nSPS) is 14.2. The first-order chi connectivity index (χ1) is 15.7. The van der Waals surface area contributed by atoms with Crippen LogP contribution in [0.4, 0.5) is 0 Å². The van der Waals surface area contributed by atoms with Crippen LogP contribution in [0.25, 0.3) is 32.1 Å². The van der Waals surface area contributed by atoms with Crippen molar-refractivity contribution >= 4 is 43.5 Å². The minimum absolute atomic E-state index is 0.914. The van der Waals surface area contributed by atoms with Crippen LogP contribution in [0.1, 0.15) is 46.5 Å². The quantitative estimate of drug-likeness (QED) is 0.267. The number of hydrogen-bond donors (Lipinski definition) is 0. The van der Waals surface area contributed by atoms with E-state index in [0.29, 0.717) is 0 Å². The molecular formula is C30H27NS. The number of aryl methyl sites for hydroxylation is 1. The van der Waals surface area contributed by atoms with Crippen LogP contribution in [0.3, 0.4) is 0 Å². The van der Waals surface area contributed by atoms with E-state index < -0.39 is 0 Å². The Bertz CT molecular complexity index is 1480. The summed E-state index contributed by atoms with van der Waals surface area (Å²) in [6.45, 7) is 5.54. The standard InChI is InChI=1S/C30H27NS/c1-20-23-13-7-9-18-28(23)32-30(20)25-16-10-15-24(25)29-21(2)31(19-22-11-4-3-5-12-22)27-17-8-6-14-26(27)29/h3-9,11-14,17-18H,10,15-16,19H2,1-2H3. The molecule has 1 nitrogen and oxygen atoms in total. The summed E-state index contributed by atoms with van der Waals surface area (Å²) in [5.74, 6) is 0. The van der Waals surface area contributed by atoms with Crippen LogP contribution in [-0.2, 0) is 6.54 Å². The maximum Gasteiger partial charge on any atom is 0.0491 e. The molecule has 0 aliphatic heterocycles. The van der Waals surface area contributed by atoms with Gasteiger partial charge >= 0.3 is 0 Å². The van der Waals surface area contributed by atoms with Gasteiger partial charge in [-0.25, -0.2) is 0 Å².